The zero-order chi connectivity index (χ0) is 17.0. The predicted molar refractivity (Wildman–Crippen MR) is 98.1 cm³/mol. The van der Waals surface area contributed by atoms with Gasteiger partial charge in [0.25, 0.3) is 0 Å². The Morgan fingerprint density at radius 3 is 2.46 bits per heavy atom. The van der Waals surface area contributed by atoms with Gasteiger partial charge >= 0.3 is 0 Å². The van der Waals surface area contributed by atoms with E-state index in [1.54, 1.807) is 0 Å². The Hall–Kier alpha value is -1.59. The summed E-state index contributed by atoms with van der Waals surface area (Å²) >= 11 is 0. The quantitative estimate of drug-likeness (QED) is 0.887. The number of likely N-dealkylation sites (tertiary alicyclic amines) is 1. The molecule has 1 amide bonds. The van der Waals surface area contributed by atoms with E-state index in [-0.39, 0.29) is 11.3 Å². The zero-order valence-corrected chi connectivity index (χ0v) is 14.8. The molecular weight excluding hydrogens is 300 g/mol. The highest BCUT2D eigenvalue weighted by Gasteiger charge is 2.34. The van der Waals surface area contributed by atoms with Gasteiger partial charge in [-0.2, -0.15) is 0 Å². The number of carbonyl (C=O) groups excluding carboxylic acids is 1. The van der Waals surface area contributed by atoms with E-state index >= 15 is 0 Å². The first-order valence-corrected chi connectivity index (χ1v) is 9.10. The molecule has 132 valence electrons. The Morgan fingerprint density at radius 2 is 1.83 bits per heavy atom. The van der Waals surface area contributed by atoms with Crippen LogP contribution in [-0.4, -0.2) is 68.1 Å². The zero-order valence-electron chi connectivity index (χ0n) is 14.8. The molecule has 2 fully saturated rings. The van der Waals surface area contributed by atoms with Crippen molar-refractivity contribution in [3.63, 3.8) is 0 Å². The number of rotatable bonds is 5. The molecule has 0 radical (unpaired) electrons. The Morgan fingerprint density at radius 1 is 1.12 bits per heavy atom. The van der Waals surface area contributed by atoms with Crippen molar-refractivity contribution in [1.82, 2.24) is 9.80 Å². The lowest BCUT2D eigenvalue weighted by Crippen LogP contribution is -2.47. The van der Waals surface area contributed by atoms with Crippen LogP contribution >= 0.6 is 0 Å². The van der Waals surface area contributed by atoms with Crippen LogP contribution in [0.2, 0.25) is 0 Å². The third-order valence-electron chi connectivity index (χ3n) is 5.54. The van der Waals surface area contributed by atoms with E-state index in [0.29, 0.717) is 13.0 Å². The van der Waals surface area contributed by atoms with E-state index in [9.17, 15) is 4.79 Å². The van der Waals surface area contributed by atoms with E-state index in [2.05, 4.69) is 47.1 Å². The van der Waals surface area contributed by atoms with Crippen molar-refractivity contribution in [2.45, 2.75) is 19.8 Å². The summed E-state index contributed by atoms with van der Waals surface area (Å²) in [7, 11) is 0. The van der Waals surface area contributed by atoms with E-state index in [1.165, 1.54) is 5.69 Å². The molecule has 0 saturated carbocycles. The fraction of sp³-hybridized carbons (Fsp3) is 0.632. The number of anilines is 1. The van der Waals surface area contributed by atoms with Gasteiger partial charge in [-0.25, -0.2) is 0 Å². The van der Waals surface area contributed by atoms with E-state index in [4.69, 9.17) is 5.73 Å². The van der Waals surface area contributed by atoms with Gasteiger partial charge in [-0.15, -0.1) is 0 Å². The van der Waals surface area contributed by atoms with Crippen molar-refractivity contribution >= 4 is 11.6 Å². The van der Waals surface area contributed by atoms with Crippen LogP contribution in [0.3, 0.4) is 0 Å². The van der Waals surface area contributed by atoms with Crippen LogP contribution in [0.5, 0.6) is 0 Å². The van der Waals surface area contributed by atoms with Gasteiger partial charge < -0.3 is 15.5 Å². The van der Waals surface area contributed by atoms with Crippen molar-refractivity contribution in [2.75, 3.05) is 57.3 Å². The average Bonchev–Trinajstić information content (AvgIpc) is 3.04. The molecular formula is C19H30N4O. The maximum atomic E-state index is 12.4. The van der Waals surface area contributed by atoms with Gasteiger partial charge in [0.1, 0.15) is 0 Å². The van der Waals surface area contributed by atoms with Crippen LogP contribution in [-0.2, 0) is 4.79 Å². The highest BCUT2D eigenvalue weighted by Crippen LogP contribution is 2.28. The van der Waals surface area contributed by atoms with Gasteiger partial charge in [0.2, 0.25) is 5.91 Å². The second-order valence-electron chi connectivity index (χ2n) is 7.49. The smallest absolute Gasteiger partial charge is 0.223 e. The molecule has 0 aromatic heterocycles. The number of para-hydroxylation sites is 1. The highest BCUT2D eigenvalue weighted by atomic mass is 16.2. The van der Waals surface area contributed by atoms with Crippen molar-refractivity contribution in [3.05, 3.63) is 30.3 Å². The Kier molecular flexibility index (Phi) is 5.41. The summed E-state index contributed by atoms with van der Waals surface area (Å²) in [6.45, 7) is 9.54. The summed E-state index contributed by atoms with van der Waals surface area (Å²) in [5.74, 6) is 0.290. The Balaban J connectivity index is 1.40. The third-order valence-corrected chi connectivity index (χ3v) is 5.54. The molecule has 1 atom stereocenters. The molecule has 2 aliphatic rings. The number of carbonyl (C=O) groups is 1. The molecule has 2 aliphatic heterocycles. The summed E-state index contributed by atoms with van der Waals surface area (Å²) < 4.78 is 0. The van der Waals surface area contributed by atoms with Gasteiger partial charge in [-0.1, -0.05) is 25.1 Å². The molecule has 2 saturated heterocycles. The van der Waals surface area contributed by atoms with Gasteiger partial charge in [0.05, 0.1) is 0 Å². The van der Waals surface area contributed by atoms with E-state index < -0.39 is 0 Å². The molecule has 24 heavy (non-hydrogen) atoms. The Bertz CT molecular complexity index is 542. The maximum absolute atomic E-state index is 12.4. The van der Waals surface area contributed by atoms with Crippen molar-refractivity contribution in [1.29, 1.82) is 0 Å². The number of nitrogens with zero attached hydrogens (tertiary/aromatic N) is 3. The molecule has 3 rings (SSSR count). The topological polar surface area (TPSA) is 52.8 Å². The lowest BCUT2D eigenvalue weighted by Gasteiger charge is -2.36. The number of nitrogens with two attached hydrogens (primary N) is 1. The lowest BCUT2D eigenvalue weighted by molar-refractivity contribution is -0.130. The number of hydrogen-bond donors (Lipinski definition) is 1. The second kappa shape index (κ2) is 7.53. The average molecular weight is 330 g/mol. The van der Waals surface area contributed by atoms with Gasteiger partial charge in [-0.3, -0.25) is 9.69 Å². The van der Waals surface area contributed by atoms with E-state index in [0.717, 1.165) is 52.2 Å². The van der Waals surface area contributed by atoms with Crippen LogP contribution in [0, 0.1) is 5.41 Å². The fourth-order valence-corrected chi connectivity index (χ4v) is 3.68. The van der Waals surface area contributed by atoms with Crippen LogP contribution < -0.4 is 10.6 Å². The molecule has 1 aromatic carbocycles. The standard InChI is InChI=1S/C19H30N4O/c1-19(15-20)8-10-23(16-19)18(24)7-9-21-11-13-22(14-12-21)17-5-3-2-4-6-17/h2-6H,7-16,20H2,1H3. The SMILES string of the molecule is CC1(CN)CCN(C(=O)CCN2CCN(c3ccccc3)CC2)C1. The molecule has 2 heterocycles. The number of benzene rings is 1. The normalized spacial score (nSPS) is 25.2. The van der Waals surface area contributed by atoms with Crippen molar-refractivity contribution in [3.8, 4) is 0 Å². The monoisotopic (exact) mass is 330 g/mol. The first-order valence-electron chi connectivity index (χ1n) is 9.10. The molecule has 0 aliphatic carbocycles. The summed E-state index contributed by atoms with van der Waals surface area (Å²) in [4.78, 5) is 19.3. The first-order chi connectivity index (χ1) is 11.6. The van der Waals surface area contributed by atoms with E-state index in [1.807, 2.05) is 4.90 Å². The number of amides is 1. The van der Waals surface area contributed by atoms with Crippen LogP contribution in [0.15, 0.2) is 30.3 Å². The first kappa shape index (κ1) is 17.2. The van der Waals surface area contributed by atoms with Crippen molar-refractivity contribution in [2.24, 2.45) is 11.1 Å². The molecule has 5 heteroatoms. The molecule has 1 aromatic rings. The predicted octanol–water partition coefficient (Wildman–Crippen LogP) is 1.40. The summed E-state index contributed by atoms with van der Waals surface area (Å²) in [5.41, 5.74) is 7.25. The van der Waals surface area contributed by atoms with Gasteiger partial charge in [-0.05, 0) is 30.5 Å². The molecule has 2 N–H and O–H groups in total. The highest BCUT2D eigenvalue weighted by molar-refractivity contribution is 5.76. The summed E-state index contributed by atoms with van der Waals surface area (Å²) in [6.07, 6.45) is 1.66. The molecule has 0 spiro atoms. The van der Waals surface area contributed by atoms with Gasteiger partial charge in [0, 0.05) is 57.9 Å². The lowest BCUT2D eigenvalue weighted by atomic mass is 9.90. The van der Waals surface area contributed by atoms with Crippen LogP contribution in [0.4, 0.5) is 5.69 Å². The van der Waals surface area contributed by atoms with Crippen molar-refractivity contribution < 1.29 is 4.79 Å². The van der Waals surface area contributed by atoms with Crippen LogP contribution in [0.1, 0.15) is 19.8 Å². The molecule has 0 bridgehead atoms. The van der Waals surface area contributed by atoms with Gasteiger partial charge in [0.15, 0.2) is 0 Å². The summed E-state index contributed by atoms with van der Waals surface area (Å²) in [6, 6.07) is 10.6. The Labute approximate surface area is 145 Å². The minimum atomic E-state index is 0.122. The maximum Gasteiger partial charge on any atom is 0.223 e. The third kappa shape index (κ3) is 4.08. The largest absolute Gasteiger partial charge is 0.369 e. The molecule has 1 unspecified atom stereocenters. The molecule has 5 nitrogen and oxygen atoms in total. The van der Waals surface area contributed by atoms with Crippen LogP contribution in [0.25, 0.3) is 0 Å². The second-order valence-corrected chi connectivity index (χ2v) is 7.49. The summed E-state index contributed by atoms with van der Waals surface area (Å²) in [5, 5.41) is 0. The fourth-order valence-electron chi connectivity index (χ4n) is 3.68. The minimum absolute atomic E-state index is 0.122. The number of hydrogen-bond acceptors (Lipinski definition) is 4. The number of piperazine rings is 1. The minimum Gasteiger partial charge on any atom is -0.369 e.